The number of aromatic nitrogens is 2. The van der Waals surface area contributed by atoms with Gasteiger partial charge >= 0.3 is 0 Å². The molecule has 2 aromatic rings. The summed E-state index contributed by atoms with van der Waals surface area (Å²) < 4.78 is 7.43. The normalized spacial score (nSPS) is 13.1. The SMILES string of the molecule is C[C@H](c1ccccc1)n1cncc1C(=O)COCC(C)(C)C. The lowest BCUT2D eigenvalue weighted by Gasteiger charge is -2.19. The molecule has 0 amide bonds. The summed E-state index contributed by atoms with van der Waals surface area (Å²) in [6.07, 6.45) is 3.32. The maximum atomic E-state index is 12.4. The minimum atomic E-state index is -0.0375. The summed E-state index contributed by atoms with van der Waals surface area (Å²) in [6.45, 7) is 8.95. The van der Waals surface area contributed by atoms with Gasteiger partial charge in [-0.25, -0.2) is 4.98 Å². The van der Waals surface area contributed by atoms with Gasteiger partial charge in [0.05, 0.1) is 25.2 Å². The molecule has 0 spiro atoms. The molecule has 4 nitrogen and oxygen atoms in total. The molecule has 0 saturated heterocycles. The Balaban J connectivity index is 2.07. The zero-order valence-corrected chi connectivity index (χ0v) is 13.7. The first-order valence-electron chi connectivity index (χ1n) is 7.56. The molecule has 0 bridgehead atoms. The highest BCUT2D eigenvalue weighted by Gasteiger charge is 2.18. The number of imidazole rings is 1. The number of carbonyl (C=O) groups excluding carboxylic acids is 1. The average Bonchev–Trinajstić information content (AvgIpc) is 2.95. The van der Waals surface area contributed by atoms with E-state index in [1.807, 2.05) is 22.8 Å². The molecule has 1 atom stereocenters. The van der Waals surface area contributed by atoms with Crippen LogP contribution in [0.5, 0.6) is 0 Å². The van der Waals surface area contributed by atoms with Crippen LogP contribution in [0.2, 0.25) is 0 Å². The number of ketones is 1. The van der Waals surface area contributed by atoms with E-state index in [2.05, 4.69) is 44.8 Å². The monoisotopic (exact) mass is 300 g/mol. The molecule has 0 N–H and O–H groups in total. The van der Waals surface area contributed by atoms with Crippen LogP contribution >= 0.6 is 0 Å². The number of benzene rings is 1. The second-order valence-electron chi connectivity index (χ2n) is 6.75. The number of ether oxygens (including phenoxy) is 1. The number of nitrogens with zero attached hydrogens (tertiary/aromatic N) is 2. The number of Topliss-reactive ketones (excluding diaryl/α,β-unsaturated/α-hetero) is 1. The van der Waals surface area contributed by atoms with Crippen molar-refractivity contribution in [3.05, 3.63) is 54.1 Å². The lowest BCUT2D eigenvalue weighted by Crippen LogP contribution is -2.21. The van der Waals surface area contributed by atoms with Crippen molar-refractivity contribution >= 4 is 5.78 Å². The summed E-state index contributed by atoms with van der Waals surface area (Å²) in [5, 5.41) is 0. The molecular weight excluding hydrogens is 276 g/mol. The van der Waals surface area contributed by atoms with Crippen LogP contribution in [0.25, 0.3) is 0 Å². The van der Waals surface area contributed by atoms with Gasteiger partial charge in [-0.2, -0.15) is 0 Å². The molecular formula is C18H24N2O2. The lowest BCUT2D eigenvalue weighted by molar-refractivity contribution is 0.0556. The maximum absolute atomic E-state index is 12.4. The summed E-state index contributed by atoms with van der Waals surface area (Å²) in [6, 6.07) is 10.1. The third-order valence-electron chi connectivity index (χ3n) is 3.42. The Hall–Kier alpha value is -1.94. The Morgan fingerprint density at radius 3 is 2.59 bits per heavy atom. The number of hydrogen-bond donors (Lipinski definition) is 0. The van der Waals surface area contributed by atoms with Crippen LogP contribution in [0, 0.1) is 5.41 Å². The largest absolute Gasteiger partial charge is 0.373 e. The average molecular weight is 300 g/mol. The predicted molar refractivity (Wildman–Crippen MR) is 87.1 cm³/mol. The third-order valence-corrected chi connectivity index (χ3v) is 3.42. The van der Waals surface area contributed by atoms with Crippen LogP contribution in [0.3, 0.4) is 0 Å². The van der Waals surface area contributed by atoms with Crippen molar-refractivity contribution in [2.45, 2.75) is 33.7 Å². The van der Waals surface area contributed by atoms with E-state index in [0.29, 0.717) is 12.3 Å². The van der Waals surface area contributed by atoms with E-state index in [1.54, 1.807) is 12.5 Å². The summed E-state index contributed by atoms with van der Waals surface area (Å²) in [4.78, 5) is 16.5. The van der Waals surface area contributed by atoms with Gasteiger partial charge in [-0.3, -0.25) is 4.79 Å². The van der Waals surface area contributed by atoms with E-state index in [9.17, 15) is 4.79 Å². The molecule has 0 radical (unpaired) electrons. The van der Waals surface area contributed by atoms with Gasteiger partial charge in [0.2, 0.25) is 5.78 Å². The van der Waals surface area contributed by atoms with Gasteiger partial charge in [-0.1, -0.05) is 51.1 Å². The van der Waals surface area contributed by atoms with Crippen molar-refractivity contribution < 1.29 is 9.53 Å². The van der Waals surface area contributed by atoms with Crippen LogP contribution in [-0.4, -0.2) is 28.5 Å². The minimum Gasteiger partial charge on any atom is -0.373 e. The summed E-state index contributed by atoms with van der Waals surface area (Å²) in [5.41, 5.74) is 1.79. The minimum absolute atomic E-state index is 0.0375. The predicted octanol–water partition coefficient (Wildman–Crippen LogP) is 3.74. The van der Waals surface area contributed by atoms with Gasteiger partial charge in [0.1, 0.15) is 12.3 Å². The van der Waals surface area contributed by atoms with Gasteiger partial charge in [-0.15, -0.1) is 0 Å². The Bertz CT molecular complexity index is 612. The zero-order valence-electron chi connectivity index (χ0n) is 13.7. The molecule has 0 unspecified atom stereocenters. The van der Waals surface area contributed by atoms with E-state index in [1.165, 1.54) is 0 Å². The second kappa shape index (κ2) is 6.88. The van der Waals surface area contributed by atoms with E-state index in [4.69, 9.17) is 4.74 Å². The van der Waals surface area contributed by atoms with Crippen molar-refractivity contribution in [3.8, 4) is 0 Å². The first-order chi connectivity index (χ1) is 10.4. The molecule has 1 aromatic carbocycles. The molecule has 0 saturated carbocycles. The highest BCUT2D eigenvalue weighted by Crippen LogP contribution is 2.20. The van der Waals surface area contributed by atoms with Gasteiger partial charge in [-0.05, 0) is 17.9 Å². The van der Waals surface area contributed by atoms with E-state index >= 15 is 0 Å². The van der Waals surface area contributed by atoms with Crippen LogP contribution in [0.4, 0.5) is 0 Å². The van der Waals surface area contributed by atoms with Crippen molar-refractivity contribution in [2.24, 2.45) is 5.41 Å². The van der Waals surface area contributed by atoms with E-state index in [0.717, 1.165) is 5.56 Å². The molecule has 22 heavy (non-hydrogen) atoms. The molecule has 1 heterocycles. The Kier molecular flexibility index (Phi) is 5.14. The second-order valence-corrected chi connectivity index (χ2v) is 6.75. The topological polar surface area (TPSA) is 44.1 Å². The fourth-order valence-electron chi connectivity index (χ4n) is 2.25. The van der Waals surface area contributed by atoms with Crippen LogP contribution in [-0.2, 0) is 4.74 Å². The van der Waals surface area contributed by atoms with Crippen molar-refractivity contribution in [1.82, 2.24) is 9.55 Å². The number of rotatable bonds is 6. The van der Waals surface area contributed by atoms with Gasteiger partial charge in [0.15, 0.2) is 0 Å². The van der Waals surface area contributed by atoms with Crippen LogP contribution in [0.15, 0.2) is 42.9 Å². The highest BCUT2D eigenvalue weighted by atomic mass is 16.5. The fourth-order valence-corrected chi connectivity index (χ4v) is 2.25. The van der Waals surface area contributed by atoms with Crippen molar-refractivity contribution in [1.29, 1.82) is 0 Å². The van der Waals surface area contributed by atoms with Gasteiger partial charge in [0.25, 0.3) is 0 Å². The number of hydrogen-bond acceptors (Lipinski definition) is 3. The summed E-state index contributed by atoms with van der Waals surface area (Å²) in [7, 11) is 0. The van der Waals surface area contributed by atoms with E-state index in [-0.39, 0.29) is 23.8 Å². The van der Waals surface area contributed by atoms with E-state index < -0.39 is 0 Å². The lowest BCUT2D eigenvalue weighted by atomic mass is 9.99. The summed E-state index contributed by atoms with van der Waals surface area (Å²) in [5.74, 6) is -0.0375. The quantitative estimate of drug-likeness (QED) is 0.763. The molecule has 1 aromatic heterocycles. The van der Waals surface area contributed by atoms with Gasteiger partial charge < -0.3 is 9.30 Å². The molecule has 2 rings (SSSR count). The molecule has 0 aliphatic heterocycles. The Morgan fingerprint density at radius 2 is 1.95 bits per heavy atom. The first kappa shape index (κ1) is 16.4. The molecule has 4 heteroatoms. The third kappa shape index (κ3) is 4.28. The Labute approximate surface area is 132 Å². The first-order valence-corrected chi connectivity index (χ1v) is 7.56. The van der Waals surface area contributed by atoms with Crippen molar-refractivity contribution in [3.63, 3.8) is 0 Å². The summed E-state index contributed by atoms with van der Waals surface area (Å²) >= 11 is 0. The van der Waals surface area contributed by atoms with Crippen LogP contribution in [0.1, 0.15) is 49.8 Å². The highest BCUT2D eigenvalue weighted by molar-refractivity contribution is 5.95. The number of carbonyl (C=O) groups is 1. The molecule has 118 valence electrons. The smallest absolute Gasteiger partial charge is 0.206 e. The standard InChI is InChI=1S/C18H24N2O2/c1-14(15-8-6-5-7-9-15)20-13-19-10-16(20)17(21)11-22-12-18(2,3)4/h5-10,13-14H,11-12H2,1-4H3/t14-/m1/s1. The molecule has 0 aliphatic rings. The maximum Gasteiger partial charge on any atom is 0.206 e. The molecule has 0 aliphatic carbocycles. The van der Waals surface area contributed by atoms with Crippen LogP contribution < -0.4 is 0 Å². The zero-order chi connectivity index (χ0) is 16.2. The Morgan fingerprint density at radius 1 is 1.27 bits per heavy atom. The van der Waals surface area contributed by atoms with Gasteiger partial charge in [0, 0.05) is 0 Å². The fraction of sp³-hybridized carbons (Fsp3) is 0.444. The van der Waals surface area contributed by atoms with Crippen molar-refractivity contribution in [2.75, 3.05) is 13.2 Å². The molecule has 0 fully saturated rings.